The van der Waals surface area contributed by atoms with Gasteiger partial charge in [0.25, 0.3) is 0 Å². The van der Waals surface area contributed by atoms with Crippen LogP contribution in [0.2, 0.25) is 0 Å². The Hall–Kier alpha value is -3.42. The van der Waals surface area contributed by atoms with Gasteiger partial charge in [-0.1, -0.05) is 18.2 Å². The van der Waals surface area contributed by atoms with Gasteiger partial charge in [0, 0.05) is 20.4 Å². The van der Waals surface area contributed by atoms with Crippen LogP contribution >= 0.6 is 23.1 Å². The normalized spacial score (nSPS) is 13.4. The second-order valence-corrected chi connectivity index (χ2v) is 11.3. The smallest absolute Gasteiger partial charge is 0.335 e. The Balaban J connectivity index is 1.49. The molecule has 0 spiro atoms. The van der Waals surface area contributed by atoms with Crippen LogP contribution in [0.3, 0.4) is 0 Å². The van der Waals surface area contributed by atoms with Gasteiger partial charge in [0.1, 0.15) is 5.75 Å². The van der Waals surface area contributed by atoms with E-state index in [1.165, 1.54) is 18.4 Å². The number of carboxylic acid groups (broad SMARTS) is 1. The van der Waals surface area contributed by atoms with Crippen molar-refractivity contribution in [2.75, 3.05) is 14.2 Å². The Kier molecular flexibility index (Phi) is 8.25. The van der Waals surface area contributed by atoms with Crippen LogP contribution in [-0.4, -0.2) is 31.4 Å². The topological polar surface area (TPSA) is 65.0 Å². The summed E-state index contributed by atoms with van der Waals surface area (Å²) in [7, 11) is 3.35. The molecule has 0 aliphatic heterocycles. The van der Waals surface area contributed by atoms with Crippen molar-refractivity contribution >= 4 is 29.1 Å². The summed E-state index contributed by atoms with van der Waals surface area (Å²) in [6, 6.07) is 23.5. The van der Waals surface area contributed by atoms with Crippen molar-refractivity contribution in [1.29, 1.82) is 0 Å². The lowest BCUT2D eigenvalue weighted by Gasteiger charge is -2.16. The standard InChI is InChI=1S/C31H30O5S2/c1-34-25-8-5-9-26(18-25)37-19-23-17-29(38-30(23)20-10-12-21(13-11-20)31(32)33)22-14-15-27(35-2)28(16-22)36-24-6-3-4-7-24/h5,8-18,24H,3-4,6-7,19H2,1-2H3,(H,32,33). The summed E-state index contributed by atoms with van der Waals surface area (Å²) in [6.45, 7) is 0. The number of rotatable bonds is 10. The fraction of sp³-hybridized carbons (Fsp3) is 0.258. The number of aromatic carboxylic acids is 1. The molecule has 0 atom stereocenters. The molecular weight excluding hydrogens is 516 g/mol. The van der Waals surface area contributed by atoms with Crippen LogP contribution in [0.1, 0.15) is 41.6 Å². The lowest BCUT2D eigenvalue weighted by molar-refractivity contribution is 0.0697. The van der Waals surface area contributed by atoms with E-state index < -0.39 is 5.97 Å². The van der Waals surface area contributed by atoms with Crippen molar-refractivity contribution < 1.29 is 24.1 Å². The van der Waals surface area contributed by atoms with Crippen molar-refractivity contribution in [2.24, 2.45) is 0 Å². The Morgan fingerprint density at radius 3 is 2.39 bits per heavy atom. The Morgan fingerprint density at radius 1 is 0.921 bits per heavy atom. The lowest BCUT2D eigenvalue weighted by Crippen LogP contribution is -2.11. The third-order valence-corrected chi connectivity index (χ3v) is 9.00. The third kappa shape index (κ3) is 6.00. The fourth-order valence-corrected chi connectivity index (χ4v) is 6.84. The summed E-state index contributed by atoms with van der Waals surface area (Å²) in [5.41, 5.74) is 3.55. The second-order valence-electron chi connectivity index (χ2n) is 9.21. The molecule has 1 fully saturated rings. The van der Waals surface area contributed by atoms with Crippen molar-refractivity contribution in [3.8, 4) is 38.1 Å². The number of hydrogen-bond acceptors (Lipinski definition) is 6. The van der Waals surface area contributed by atoms with E-state index >= 15 is 0 Å². The summed E-state index contributed by atoms with van der Waals surface area (Å²) >= 11 is 3.45. The predicted molar refractivity (Wildman–Crippen MR) is 154 cm³/mol. The molecule has 1 aliphatic rings. The van der Waals surface area contributed by atoms with E-state index in [0.717, 1.165) is 61.6 Å². The zero-order chi connectivity index (χ0) is 26.5. The zero-order valence-corrected chi connectivity index (χ0v) is 23.1. The van der Waals surface area contributed by atoms with E-state index in [9.17, 15) is 9.90 Å². The summed E-state index contributed by atoms with van der Waals surface area (Å²) in [5.74, 6) is 2.20. The van der Waals surface area contributed by atoms with Crippen LogP contribution in [-0.2, 0) is 5.75 Å². The summed E-state index contributed by atoms with van der Waals surface area (Å²) in [6.07, 6.45) is 4.80. The number of ether oxygens (including phenoxy) is 3. The molecule has 5 rings (SSSR count). The largest absolute Gasteiger partial charge is 0.497 e. The highest BCUT2D eigenvalue weighted by atomic mass is 32.2. The Labute approximate surface area is 231 Å². The molecular formula is C31H30O5S2. The maximum atomic E-state index is 11.4. The minimum absolute atomic E-state index is 0.237. The van der Waals surface area contributed by atoms with Crippen molar-refractivity contribution in [1.82, 2.24) is 0 Å². The number of carbonyl (C=O) groups is 1. The van der Waals surface area contributed by atoms with Crippen LogP contribution in [0.15, 0.2) is 77.7 Å². The molecule has 0 saturated heterocycles. The van der Waals surface area contributed by atoms with Gasteiger partial charge < -0.3 is 19.3 Å². The summed E-state index contributed by atoms with van der Waals surface area (Å²) in [4.78, 5) is 14.8. The SMILES string of the molecule is COc1cccc(SCc2cc(-c3ccc(OC)c(OC4CCCC4)c3)sc2-c2ccc(C(=O)O)cc2)c1. The first-order valence-electron chi connectivity index (χ1n) is 12.6. The molecule has 0 bridgehead atoms. The van der Waals surface area contributed by atoms with Gasteiger partial charge in [-0.3, -0.25) is 0 Å². The molecule has 1 aliphatic carbocycles. The maximum absolute atomic E-state index is 11.4. The Bertz CT molecular complexity index is 1400. The zero-order valence-electron chi connectivity index (χ0n) is 21.4. The molecule has 1 aromatic heterocycles. The third-order valence-electron chi connectivity index (χ3n) is 6.68. The number of benzene rings is 3. The number of methoxy groups -OCH3 is 2. The van der Waals surface area contributed by atoms with Crippen LogP contribution in [0.4, 0.5) is 0 Å². The molecule has 38 heavy (non-hydrogen) atoms. The van der Waals surface area contributed by atoms with E-state index in [0.29, 0.717) is 0 Å². The maximum Gasteiger partial charge on any atom is 0.335 e. The molecule has 0 unspecified atom stereocenters. The molecule has 7 heteroatoms. The predicted octanol–water partition coefficient (Wildman–Crippen LogP) is 8.41. The van der Waals surface area contributed by atoms with Crippen LogP contribution in [0.5, 0.6) is 17.2 Å². The quantitative estimate of drug-likeness (QED) is 0.201. The highest BCUT2D eigenvalue weighted by molar-refractivity contribution is 7.98. The highest BCUT2D eigenvalue weighted by Gasteiger charge is 2.20. The number of carboxylic acids is 1. The van der Waals surface area contributed by atoms with Gasteiger partial charge in [-0.2, -0.15) is 0 Å². The first-order valence-corrected chi connectivity index (χ1v) is 14.4. The van der Waals surface area contributed by atoms with E-state index in [4.69, 9.17) is 14.2 Å². The van der Waals surface area contributed by atoms with Gasteiger partial charge in [-0.05, 0) is 97.0 Å². The number of thioether (sulfide) groups is 1. The minimum atomic E-state index is -0.926. The Morgan fingerprint density at radius 2 is 1.68 bits per heavy atom. The average molecular weight is 547 g/mol. The first kappa shape index (κ1) is 26.2. The molecule has 1 saturated carbocycles. The van der Waals surface area contributed by atoms with E-state index in [1.54, 1.807) is 49.5 Å². The molecule has 1 heterocycles. The molecule has 5 nitrogen and oxygen atoms in total. The molecule has 4 aromatic rings. The average Bonchev–Trinajstić information content (AvgIpc) is 3.62. The summed E-state index contributed by atoms with van der Waals surface area (Å²) in [5, 5.41) is 9.34. The fourth-order valence-electron chi connectivity index (χ4n) is 4.65. The van der Waals surface area contributed by atoms with Gasteiger partial charge in [-0.25, -0.2) is 4.79 Å². The van der Waals surface area contributed by atoms with Gasteiger partial charge in [0.15, 0.2) is 11.5 Å². The van der Waals surface area contributed by atoms with Crippen LogP contribution in [0, 0.1) is 0 Å². The van der Waals surface area contributed by atoms with Crippen LogP contribution < -0.4 is 14.2 Å². The van der Waals surface area contributed by atoms with E-state index in [2.05, 4.69) is 24.3 Å². The van der Waals surface area contributed by atoms with Gasteiger partial charge >= 0.3 is 5.97 Å². The van der Waals surface area contributed by atoms with Gasteiger partial charge in [-0.15, -0.1) is 23.1 Å². The van der Waals surface area contributed by atoms with Gasteiger partial charge in [0.2, 0.25) is 0 Å². The van der Waals surface area contributed by atoms with E-state index in [-0.39, 0.29) is 11.7 Å². The highest BCUT2D eigenvalue weighted by Crippen LogP contribution is 2.43. The minimum Gasteiger partial charge on any atom is -0.497 e. The van der Waals surface area contributed by atoms with E-state index in [1.807, 2.05) is 36.4 Å². The molecule has 3 aromatic carbocycles. The molecule has 0 amide bonds. The summed E-state index contributed by atoms with van der Waals surface area (Å²) < 4.78 is 17.3. The second kappa shape index (κ2) is 12.0. The lowest BCUT2D eigenvalue weighted by atomic mass is 10.1. The molecule has 1 N–H and O–H groups in total. The van der Waals surface area contributed by atoms with Crippen LogP contribution in [0.25, 0.3) is 20.9 Å². The monoisotopic (exact) mass is 546 g/mol. The number of hydrogen-bond donors (Lipinski definition) is 1. The number of thiophene rings is 1. The van der Waals surface area contributed by atoms with Crippen molar-refractivity contribution in [2.45, 2.75) is 42.4 Å². The molecule has 0 radical (unpaired) electrons. The van der Waals surface area contributed by atoms with Crippen molar-refractivity contribution in [3.05, 3.63) is 83.9 Å². The first-order chi connectivity index (χ1) is 18.5. The van der Waals surface area contributed by atoms with Gasteiger partial charge in [0.05, 0.1) is 25.9 Å². The van der Waals surface area contributed by atoms with Crippen molar-refractivity contribution in [3.63, 3.8) is 0 Å². The molecule has 196 valence electrons.